The van der Waals surface area contributed by atoms with Crippen molar-refractivity contribution < 1.29 is 32.3 Å². The van der Waals surface area contributed by atoms with Crippen molar-refractivity contribution in [3.05, 3.63) is 119 Å². The SMILES string of the molecule is COc1ccc(Oc2ccccc2C[n+]2c(O)c(-c3cccc(C(F)(F)F)c3)c(=O)n3ccccc32)cc1. The molecule has 2 aromatic heterocycles. The summed E-state index contributed by atoms with van der Waals surface area (Å²) in [5, 5.41) is 11.3. The van der Waals surface area contributed by atoms with Gasteiger partial charge >= 0.3 is 11.7 Å². The van der Waals surface area contributed by atoms with Gasteiger partial charge in [0.1, 0.15) is 23.8 Å². The number of alkyl halides is 3. The summed E-state index contributed by atoms with van der Waals surface area (Å²) in [7, 11) is 1.57. The standard InChI is InChI=1S/C29H21F3N2O4/c1-37-22-12-14-23(15-13-22)38-24-10-3-2-7-20(24)18-34-25-11-4-5-16-33(25)27(35)26(28(34)36)19-8-6-9-21(17-19)29(30,31)32/h2-17H,18H2,1H3/p+1. The first-order chi connectivity index (χ1) is 18.3. The van der Waals surface area contributed by atoms with Gasteiger partial charge in [0.05, 0.1) is 18.9 Å². The highest BCUT2D eigenvalue weighted by Gasteiger charge is 2.32. The summed E-state index contributed by atoms with van der Waals surface area (Å²) >= 11 is 0. The number of pyridine rings is 1. The van der Waals surface area contributed by atoms with E-state index < -0.39 is 23.2 Å². The first-order valence-corrected chi connectivity index (χ1v) is 11.6. The maximum absolute atomic E-state index is 13.4. The third kappa shape index (κ3) is 4.78. The molecular formula is C29H22F3N2O4+. The van der Waals surface area contributed by atoms with E-state index in [1.807, 2.05) is 0 Å². The molecule has 5 rings (SSSR count). The molecule has 192 valence electrons. The summed E-state index contributed by atoms with van der Waals surface area (Å²) in [6.45, 7) is 0.0674. The molecule has 0 radical (unpaired) electrons. The second kappa shape index (κ2) is 9.93. The molecule has 0 saturated heterocycles. The number of methoxy groups -OCH3 is 1. The number of ether oxygens (including phenoxy) is 2. The first kappa shape index (κ1) is 24.9. The summed E-state index contributed by atoms with van der Waals surface area (Å²) in [5.41, 5.74) is -0.827. The molecule has 0 aliphatic carbocycles. The Morgan fingerprint density at radius 2 is 1.61 bits per heavy atom. The number of para-hydroxylation sites is 1. The topological polar surface area (TPSA) is 64.0 Å². The van der Waals surface area contributed by atoms with Crippen LogP contribution in [-0.4, -0.2) is 16.6 Å². The van der Waals surface area contributed by atoms with Gasteiger partial charge in [0, 0.05) is 11.6 Å². The predicted octanol–water partition coefficient (Wildman–Crippen LogP) is 5.83. The van der Waals surface area contributed by atoms with E-state index in [4.69, 9.17) is 9.47 Å². The summed E-state index contributed by atoms with van der Waals surface area (Å²) in [6.07, 6.45) is -3.10. The minimum atomic E-state index is -4.60. The van der Waals surface area contributed by atoms with Gasteiger partial charge < -0.3 is 14.6 Å². The van der Waals surface area contributed by atoms with Gasteiger partial charge in [0.25, 0.3) is 11.5 Å². The Morgan fingerprint density at radius 1 is 0.895 bits per heavy atom. The van der Waals surface area contributed by atoms with Crippen LogP contribution in [0, 0.1) is 0 Å². The number of rotatable bonds is 6. The maximum atomic E-state index is 13.4. The molecule has 5 aromatic rings. The molecule has 0 fully saturated rings. The van der Waals surface area contributed by atoms with E-state index in [-0.39, 0.29) is 17.7 Å². The van der Waals surface area contributed by atoms with E-state index in [0.29, 0.717) is 28.5 Å². The largest absolute Gasteiger partial charge is 0.497 e. The zero-order valence-electron chi connectivity index (χ0n) is 20.1. The van der Waals surface area contributed by atoms with Crippen molar-refractivity contribution in [1.82, 2.24) is 4.40 Å². The van der Waals surface area contributed by atoms with Gasteiger partial charge in [-0.05, 0) is 54.1 Å². The highest BCUT2D eigenvalue weighted by atomic mass is 19.4. The van der Waals surface area contributed by atoms with Gasteiger partial charge in [-0.1, -0.05) is 36.4 Å². The van der Waals surface area contributed by atoms with Crippen molar-refractivity contribution in [3.8, 4) is 34.3 Å². The number of hydrogen-bond donors (Lipinski definition) is 1. The molecule has 0 amide bonds. The van der Waals surface area contributed by atoms with Crippen molar-refractivity contribution in [3.63, 3.8) is 0 Å². The van der Waals surface area contributed by atoms with Crippen LogP contribution >= 0.6 is 0 Å². The lowest BCUT2D eigenvalue weighted by atomic mass is 10.0. The van der Waals surface area contributed by atoms with Gasteiger partial charge in [-0.15, -0.1) is 0 Å². The molecule has 2 heterocycles. The number of aromatic nitrogens is 2. The van der Waals surface area contributed by atoms with E-state index in [0.717, 1.165) is 12.1 Å². The minimum Gasteiger partial charge on any atom is -0.497 e. The molecule has 6 nitrogen and oxygen atoms in total. The third-order valence-corrected chi connectivity index (χ3v) is 6.09. The number of fused-ring (bicyclic) bond motifs is 1. The van der Waals surface area contributed by atoms with Crippen molar-refractivity contribution in [2.75, 3.05) is 7.11 Å². The molecule has 1 N–H and O–H groups in total. The zero-order valence-corrected chi connectivity index (χ0v) is 20.1. The lowest BCUT2D eigenvalue weighted by Gasteiger charge is -2.14. The minimum absolute atomic E-state index is 0.0444. The predicted molar refractivity (Wildman–Crippen MR) is 135 cm³/mol. The van der Waals surface area contributed by atoms with Crippen LogP contribution in [0.5, 0.6) is 23.1 Å². The van der Waals surface area contributed by atoms with E-state index >= 15 is 0 Å². The lowest BCUT2D eigenvalue weighted by molar-refractivity contribution is -0.671. The van der Waals surface area contributed by atoms with Gasteiger partial charge in [-0.2, -0.15) is 22.1 Å². The normalized spacial score (nSPS) is 11.5. The number of aromatic hydroxyl groups is 1. The first-order valence-electron chi connectivity index (χ1n) is 11.6. The second-order valence-corrected chi connectivity index (χ2v) is 8.48. The monoisotopic (exact) mass is 519 g/mol. The molecule has 0 atom stereocenters. The Balaban J connectivity index is 1.63. The van der Waals surface area contributed by atoms with Gasteiger partial charge in [-0.3, -0.25) is 0 Å². The Labute approximate surface area is 215 Å². The second-order valence-electron chi connectivity index (χ2n) is 8.48. The summed E-state index contributed by atoms with van der Waals surface area (Å²) < 4.78 is 54.2. The van der Waals surface area contributed by atoms with Crippen LogP contribution in [0.1, 0.15) is 11.1 Å². The fourth-order valence-electron chi connectivity index (χ4n) is 4.22. The molecule has 38 heavy (non-hydrogen) atoms. The van der Waals surface area contributed by atoms with Crippen molar-refractivity contribution in [2.24, 2.45) is 0 Å². The highest BCUT2D eigenvalue weighted by Crippen LogP contribution is 2.33. The Bertz CT molecular complexity index is 1680. The number of halogens is 3. The summed E-state index contributed by atoms with van der Waals surface area (Å²) in [4.78, 5) is 13.3. The van der Waals surface area contributed by atoms with Crippen molar-refractivity contribution in [2.45, 2.75) is 12.7 Å². The molecule has 9 heteroatoms. The van der Waals surface area contributed by atoms with Crippen LogP contribution in [0.25, 0.3) is 16.8 Å². The highest BCUT2D eigenvalue weighted by molar-refractivity contribution is 5.68. The maximum Gasteiger partial charge on any atom is 0.416 e. The number of hydrogen-bond acceptors (Lipinski definition) is 4. The summed E-state index contributed by atoms with van der Waals surface area (Å²) in [6, 6.07) is 23.5. The van der Waals surface area contributed by atoms with Gasteiger partial charge in [-0.25, -0.2) is 4.79 Å². The van der Waals surface area contributed by atoms with Crippen LogP contribution in [-0.2, 0) is 12.7 Å². The Morgan fingerprint density at radius 3 is 2.34 bits per heavy atom. The average Bonchev–Trinajstić information content (AvgIpc) is 2.92. The molecule has 0 spiro atoms. The van der Waals surface area contributed by atoms with Crippen LogP contribution in [0.2, 0.25) is 0 Å². The Hall–Kier alpha value is -4.79. The van der Waals surface area contributed by atoms with Gasteiger partial charge in [0.2, 0.25) is 0 Å². The van der Waals surface area contributed by atoms with Crippen LogP contribution < -0.4 is 19.6 Å². The lowest BCUT2D eigenvalue weighted by Crippen LogP contribution is -2.41. The molecule has 0 aliphatic heterocycles. The summed E-state index contributed by atoms with van der Waals surface area (Å²) in [5.74, 6) is 1.28. The van der Waals surface area contributed by atoms with E-state index in [2.05, 4.69) is 0 Å². The number of nitrogens with zero attached hydrogens (tertiary/aromatic N) is 2. The zero-order chi connectivity index (χ0) is 26.9. The average molecular weight is 519 g/mol. The van der Waals surface area contributed by atoms with Crippen molar-refractivity contribution >= 4 is 5.65 Å². The molecule has 3 aromatic carbocycles. The van der Waals surface area contributed by atoms with Crippen LogP contribution in [0.4, 0.5) is 13.2 Å². The molecule has 0 unspecified atom stereocenters. The van der Waals surface area contributed by atoms with Crippen molar-refractivity contribution in [1.29, 1.82) is 0 Å². The molecular weight excluding hydrogens is 497 g/mol. The fraction of sp³-hybridized carbons (Fsp3) is 0.103. The quantitative estimate of drug-likeness (QED) is 0.287. The van der Waals surface area contributed by atoms with E-state index in [9.17, 15) is 23.1 Å². The van der Waals surface area contributed by atoms with Gasteiger partial charge in [0.15, 0.2) is 5.56 Å². The van der Waals surface area contributed by atoms with Crippen LogP contribution in [0.15, 0.2) is 102 Å². The Kier molecular flexibility index (Phi) is 6.50. The van der Waals surface area contributed by atoms with E-state index in [1.165, 1.54) is 27.3 Å². The molecule has 0 aliphatic rings. The smallest absolute Gasteiger partial charge is 0.416 e. The third-order valence-electron chi connectivity index (χ3n) is 6.09. The van der Waals surface area contributed by atoms with Crippen LogP contribution in [0.3, 0.4) is 0 Å². The fourth-order valence-corrected chi connectivity index (χ4v) is 4.22. The number of benzene rings is 3. The molecule has 0 bridgehead atoms. The van der Waals surface area contributed by atoms with E-state index in [1.54, 1.807) is 73.8 Å². The molecule has 0 saturated carbocycles.